The van der Waals surface area contributed by atoms with Crippen LogP contribution in [0.5, 0.6) is 11.5 Å². The van der Waals surface area contributed by atoms with Crippen molar-refractivity contribution in [1.29, 1.82) is 0 Å². The molecule has 196 valence electrons. The van der Waals surface area contributed by atoms with Crippen molar-refractivity contribution >= 4 is 29.1 Å². The van der Waals surface area contributed by atoms with Crippen molar-refractivity contribution in [2.75, 3.05) is 51.8 Å². The van der Waals surface area contributed by atoms with Gasteiger partial charge in [-0.1, -0.05) is 35.9 Å². The smallest absolute Gasteiger partial charge is 0.254 e. The third-order valence-corrected chi connectivity index (χ3v) is 8.29. The van der Waals surface area contributed by atoms with E-state index >= 15 is 0 Å². The van der Waals surface area contributed by atoms with Crippen molar-refractivity contribution in [3.05, 3.63) is 87.9 Å². The molecule has 3 aromatic carbocycles. The van der Waals surface area contributed by atoms with Gasteiger partial charge in [-0.15, -0.1) is 0 Å². The first-order valence-corrected chi connectivity index (χ1v) is 13.3. The lowest BCUT2D eigenvalue weighted by atomic mass is 9.75. The Hall–Kier alpha value is -3.71. The van der Waals surface area contributed by atoms with Gasteiger partial charge in [0.1, 0.15) is 0 Å². The van der Waals surface area contributed by atoms with E-state index < -0.39 is 12.0 Å². The van der Waals surface area contributed by atoms with Gasteiger partial charge in [-0.05, 0) is 59.5 Å². The van der Waals surface area contributed by atoms with Crippen molar-refractivity contribution in [1.82, 2.24) is 9.80 Å². The summed E-state index contributed by atoms with van der Waals surface area (Å²) >= 11 is 6.21. The molecule has 0 saturated carbocycles. The lowest BCUT2D eigenvalue weighted by molar-refractivity contribution is -0.135. The van der Waals surface area contributed by atoms with E-state index in [4.69, 9.17) is 21.1 Å². The quantitative estimate of drug-likeness (QED) is 0.494. The first-order chi connectivity index (χ1) is 18.5. The van der Waals surface area contributed by atoms with E-state index in [1.807, 2.05) is 70.5 Å². The number of ether oxygens (including phenoxy) is 2. The standard InChI is InChI=1S/C30H30ClN3O4/c1-37-25-16-19-10-11-34-28(24(19)18-26(25)38-2)27(22-8-3-4-9-23(22)29(34)35)30(36)33-14-12-32(13-15-33)21-7-5-6-20(31)17-21/h3-9,16-18,27-28H,10-15H2,1-2H3/t27-,28+/m0/s1. The number of carbonyl (C=O) groups excluding carboxylic acids is 2. The van der Waals surface area contributed by atoms with Gasteiger partial charge in [0.05, 0.1) is 26.2 Å². The summed E-state index contributed by atoms with van der Waals surface area (Å²) in [5.41, 5.74) is 4.51. The Bertz CT molecular complexity index is 1400. The summed E-state index contributed by atoms with van der Waals surface area (Å²) in [5, 5.41) is 0.701. The second-order valence-corrected chi connectivity index (χ2v) is 10.4. The summed E-state index contributed by atoms with van der Waals surface area (Å²) in [5.74, 6) is 0.774. The molecular formula is C30H30ClN3O4. The van der Waals surface area contributed by atoms with Gasteiger partial charge >= 0.3 is 0 Å². The van der Waals surface area contributed by atoms with Gasteiger partial charge in [-0.25, -0.2) is 0 Å². The number of benzene rings is 3. The SMILES string of the molecule is COc1cc2c(cc1OC)[C@@H]1[C@@H](C(=O)N3CCN(c4cccc(Cl)c4)CC3)c3ccccc3C(=O)N1CC2. The van der Waals surface area contributed by atoms with Crippen LogP contribution < -0.4 is 14.4 Å². The highest BCUT2D eigenvalue weighted by Gasteiger charge is 2.48. The van der Waals surface area contributed by atoms with Crippen LogP contribution in [0.15, 0.2) is 60.7 Å². The zero-order valence-electron chi connectivity index (χ0n) is 21.5. The topological polar surface area (TPSA) is 62.3 Å². The van der Waals surface area contributed by atoms with Crippen LogP contribution >= 0.6 is 11.6 Å². The number of hydrogen-bond acceptors (Lipinski definition) is 5. The van der Waals surface area contributed by atoms with Crippen molar-refractivity contribution < 1.29 is 19.1 Å². The number of nitrogens with zero attached hydrogens (tertiary/aromatic N) is 3. The van der Waals surface area contributed by atoms with E-state index in [9.17, 15) is 9.59 Å². The molecule has 3 aliphatic rings. The molecule has 0 N–H and O–H groups in total. The van der Waals surface area contributed by atoms with Crippen LogP contribution in [0.4, 0.5) is 5.69 Å². The Morgan fingerprint density at radius 1 is 0.868 bits per heavy atom. The lowest BCUT2D eigenvalue weighted by Gasteiger charge is -2.47. The minimum atomic E-state index is -0.501. The Labute approximate surface area is 227 Å². The minimum Gasteiger partial charge on any atom is -0.493 e. The maximum absolute atomic E-state index is 14.4. The number of anilines is 1. The molecular weight excluding hydrogens is 502 g/mol. The number of rotatable bonds is 4. The highest BCUT2D eigenvalue weighted by molar-refractivity contribution is 6.30. The fourth-order valence-electron chi connectivity index (χ4n) is 6.17. The molecule has 0 aliphatic carbocycles. The van der Waals surface area contributed by atoms with Gasteiger partial charge in [0.2, 0.25) is 5.91 Å². The highest BCUT2D eigenvalue weighted by atomic mass is 35.5. The number of hydrogen-bond donors (Lipinski definition) is 0. The van der Waals surface area contributed by atoms with Crippen LogP contribution in [0.1, 0.15) is 39.0 Å². The van der Waals surface area contributed by atoms with E-state index in [-0.39, 0.29) is 11.8 Å². The molecule has 0 bridgehead atoms. The average molecular weight is 532 g/mol. The van der Waals surface area contributed by atoms with Crippen LogP contribution in [-0.2, 0) is 11.2 Å². The average Bonchev–Trinajstić information content (AvgIpc) is 2.96. The monoisotopic (exact) mass is 531 g/mol. The van der Waals surface area contributed by atoms with Gasteiger partial charge in [0.15, 0.2) is 11.5 Å². The molecule has 2 amide bonds. The van der Waals surface area contributed by atoms with Gasteiger partial charge in [0.25, 0.3) is 5.91 Å². The summed E-state index contributed by atoms with van der Waals surface area (Å²) in [4.78, 5) is 34.1. The summed E-state index contributed by atoms with van der Waals surface area (Å²) < 4.78 is 11.2. The van der Waals surface area contributed by atoms with Crippen LogP contribution in [0.3, 0.4) is 0 Å². The maximum Gasteiger partial charge on any atom is 0.254 e. The number of carbonyl (C=O) groups is 2. The number of methoxy groups -OCH3 is 2. The maximum atomic E-state index is 14.4. The molecule has 38 heavy (non-hydrogen) atoms. The van der Waals surface area contributed by atoms with Crippen LogP contribution in [0, 0.1) is 0 Å². The van der Waals surface area contributed by atoms with Gasteiger partial charge < -0.3 is 24.2 Å². The second kappa shape index (κ2) is 9.87. The molecule has 3 aliphatic heterocycles. The van der Waals surface area contributed by atoms with Gasteiger partial charge in [0, 0.05) is 49.0 Å². The van der Waals surface area contributed by atoms with Gasteiger partial charge in [-0.3, -0.25) is 9.59 Å². The van der Waals surface area contributed by atoms with Crippen molar-refractivity contribution in [2.45, 2.75) is 18.4 Å². The third-order valence-electron chi connectivity index (χ3n) is 8.06. The molecule has 1 fully saturated rings. The van der Waals surface area contributed by atoms with Crippen molar-refractivity contribution in [3.63, 3.8) is 0 Å². The van der Waals surface area contributed by atoms with Crippen LogP contribution in [-0.4, -0.2) is 68.6 Å². The van der Waals surface area contributed by atoms with Gasteiger partial charge in [-0.2, -0.15) is 0 Å². The Kier molecular flexibility index (Phi) is 6.40. The summed E-state index contributed by atoms with van der Waals surface area (Å²) in [6, 6.07) is 18.9. The largest absolute Gasteiger partial charge is 0.493 e. The van der Waals surface area contributed by atoms with E-state index in [0.29, 0.717) is 48.1 Å². The normalized spacial score (nSPS) is 20.4. The number of halogens is 1. The molecule has 2 atom stereocenters. The zero-order chi connectivity index (χ0) is 26.4. The van der Waals surface area contributed by atoms with E-state index in [0.717, 1.165) is 35.5 Å². The number of fused-ring (bicyclic) bond motifs is 4. The highest BCUT2D eigenvalue weighted by Crippen LogP contribution is 2.49. The predicted octanol–water partition coefficient (Wildman–Crippen LogP) is 4.54. The summed E-state index contributed by atoms with van der Waals surface area (Å²) in [6.07, 6.45) is 0.694. The lowest BCUT2D eigenvalue weighted by Crippen LogP contribution is -2.54. The predicted molar refractivity (Wildman–Crippen MR) is 146 cm³/mol. The molecule has 0 unspecified atom stereocenters. The molecule has 0 radical (unpaired) electrons. The molecule has 8 heteroatoms. The van der Waals surface area contributed by atoms with E-state index in [2.05, 4.69) is 4.90 Å². The number of amides is 2. The van der Waals surface area contributed by atoms with E-state index in [1.165, 1.54) is 0 Å². The zero-order valence-corrected chi connectivity index (χ0v) is 22.3. The molecule has 7 nitrogen and oxygen atoms in total. The number of piperazine rings is 1. The first-order valence-electron chi connectivity index (χ1n) is 12.9. The summed E-state index contributed by atoms with van der Waals surface area (Å²) in [6.45, 7) is 3.18. The third kappa shape index (κ3) is 4.06. The fourth-order valence-corrected chi connectivity index (χ4v) is 6.36. The van der Waals surface area contributed by atoms with Crippen molar-refractivity contribution in [3.8, 4) is 11.5 Å². The van der Waals surface area contributed by atoms with Crippen LogP contribution in [0.2, 0.25) is 5.02 Å². The first kappa shape index (κ1) is 24.6. The molecule has 6 rings (SSSR count). The molecule has 3 aromatic rings. The van der Waals surface area contributed by atoms with E-state index in [1.54, 1.807) is 14.2 Å². The summed E-state index contributed by atoms with van der Waals surface area (Å²) in [7, 11) is 3.23. The minimum absolute atomic E-state index is 0.0270. The molecule has 3 heterocycles. The van der Waals surface area contributed by atoms with Crippen molar-refractivity contribution in [2.24, 2.45) is 0 Å². The Morgan fingerprint density at radius 3 is 2.34 bits per heavy atom. The fraction of sp³-hybridized carbons (Fsp3) is 0.333. The Balaban J connectivity index is 1.37. The Morgan fingerprint density at radius 2 is 1.61 bits per heavy atom. The second-order valence-electron chi connectivity index (χ2n) is 9.96. The molecule has 1 saturated heterocycles. The molecule has 0 spiro atoms. The van der Waals surface area contributed by atoms with Crippen LogP contribution in [0.25, 0.3) is 0 Å². The molecule has 0 aromatic heterocycles.